The Morgan fingerprint density at radius 2 is 1.67 bits per heavy atom. The number of thiophene rings is 1. The molecule has 2 rings (SSSR count). The van der Waals surface area contributed by atoms with Gasteiger partial charge < -0.3 is 9.47 Å². The van der Waals surface area contributed by atoms with Crippen LogP contribution < -0.4 is 0 Å². The second-order valence-electron chi connectivity index (χ2n) is 4.06. The van der Waals surface area contributed by atoms with Crippen LogP contribution in [-0.4, -0.2) is 26.2 Å². The molecule has 2 aromatic rings. The molecule has 5 nitrogen and oxygen atoms in total. The maximum atomic E-state index is 11.7. The van der Waals surface area contributed by atoms with Gasteiger partial charge in [0.1, 0.15) is 10.9 Å². The monoisotopic (exact) mass is 301 g/mol. The number of rotatable bonds is 3. The molecular weight excluding hydrogens is 290 g/mol. The van der Waals surface area contributed by atoms with E-state index >= 15 is 0 Å². The van der Waals surface area contributed by atoms with Crippen LogP contribution in [-0.2, 0) is 9.47 Å². The number of nitrogens with zero attached hydrogens (tertiary/aromatic N) is 1. The van der Waals surface area contributed by atoms with Crippen LogP contribution in [0.5, 0.6) is 0 Å². The van der Waals surface area contributed by atoms with Crippen molar-refractivity contribution >= 4 is 23.3 Å². The lowest BCUT2D eigenvalue weighted by Crippen LogP contribution is -2.07. The smallest absolute Gasteiger partial charge is 0.337 e. The molecule has 0 atom stereocenters. The Hall–Kier alpha value is -2.65. The molecule has 0 N–H and O–H groups in total. The van der Waals surface area contributed by atoms with Gasteiger partial charge in [0.15, 0.2) is 0 Å². The lowest BCUT2D eigenvalue weighted by Gasteiger charge is -2.07. The van der Waals surface area contributed by atoms with E-state index in [9.17, 15) is 9.59 Å². The summed E-state index contributed by atoms with van der Waals surface area (Å²) in [6, 6.07) is 8.42. The van der Waals surface area contributed by atoms with Crippen LogP contribution in [0.2, 0.25) is 0 Å². The standard InChI is InChI=1S/C15H11NO4S/c1-19-14(17)10-5-9(6-11(7-10)15(18)20-2)12-3-4-21-13(12)8-16/h3-7H,1-2H3. The summed E-state index contributed by atoms with van der Waals surface area (Å²) in [4.78, 5) is 23.9. The van der Waals surface area contributed by atoms with Gasteiger partial charge in [-0.1, -0.05) is 0 Å². The van der Waals surface area contributed by atoms with E-state index < -0.39 is 11.9 Å². The quantitative estimate of drug-likeness (QED) is 0.815. The average Bonchev–Trinajstić information content (AvgIpc) is 3.01. The molecule has 1 aromatic heterocycles. The van der Waals surface area contributed by atoms with Crippen LogP contribution in [0, 0.1) is 11.3 Å². The van der Waals surface area contributed by atoms with E-state index in [0.717, 1.165) is 0 Å². The van der Waals surface area contributed by atoms with E-state index in [1.54, 1.807) is 23.6 Å². The lowest BCUT2D eigenvalue weighted by molar-refractivity contribution is 0.0599. The molecule has 1 heterocycles. The van der Waals surface area contributed by atoms with Crippen molar-refractivity contribution in [3.63, 3.8) is 0 Å². The number of carbonyl (C=O) groups is 2. The molecule has 0 spiro atoms. The van der Waals surface area contributed by atoms with Crippen LogP contribution in [0.1, 0.15) is 25.6 Å². The number of carbonyl (C=O) groups excluding carboxylic acids is 2. The first-order valence-electron chi connectivity index (χ1n) is 5.90. The van der Waals surface area contributed by atoms with Crippen LogP contribution in [0.3, 0.4) is 0 Å². The Labute approximate surface area is 125 Å². The SMILES string of the molecule is COC(=O)c1cc(C(=O)OC)cc(-c2ccsc2C#N)c1. The van der Waals surface area contributed by atoms with E-state index in [2.05, 4.69) is 15.5 Å². The van der Waals surface area contributed by atoms with Gasteiger partial charge in [-0.15, -0.1) is 11.3 Å². The van der Waals surface area contributed by atoms with Gasteiger partial charge in [0, 0.05) is 5.56 Å². The van der Waals surface area contributed by atoms with Crippen molar-refractivity contribution in [1.82, 2.24) is 0 Å². The molecule has 0 aliphatic rings. The Bertz CT molecular complexity index is 708. The highest BCUT2D eigenvalue weighted by Gasteiger charge is 2.16. The Kier molecular flexibility index (Phi) is 4.36. The van der Waals surface area contributed by atoms with Gasteiger partial charge in [0.25, 0.3) is 0 Å². The first-order valence-corrected chi connectivity index (χ1v) is 6.78. The minimum absolute atomic E-state index is 0.227. The molecule has 0 saturated carbocycles. The van der Waals surface area contributed by atoms with Crippen molar-refractivity contribution < 1.29 is 19.1 Å². The van der Waals surface area contributed by atoms with Gasteiger partial charge in [-0.3, -0.25) is 0 Å². The number of ether oxygens (including phenoxy) is 2. The molecule has 0 aliphatic heterocycles. The predicted octanol–water partition coefficient (Wildman–Crippen LogP) is 2.86. The second-order valence-corrected chi connectivity index (χ2v) is 4.97. The second kappa shape index (κ2) is 6.20. The van der Waals surface area contributed by atoms with Crippen molar-refractivity contribution in [2.24, 2.45) is 0 Å². The lowest BCUT2D eigenvalue weighted by atomic mass is 10.0. The number of hydrogen-bond acceptors (Lipinski definition) is 6. The predicted molar refractivity (Wildman–Crippen MR) is 77.1 cm³/mol. The number of esters is 2. The summed E-state index contributed by atoms with van der Waals surface area (Å²) >= 11 is 1.29. The van der Waals surface area contributed by atoms with Crippen molar-refractivity contribution in [3.05, 3.63) is 45.6 Å². The summed E-state index contributed by atoms with van der Waals surface area (Å²) in [6.07, 6.45) is 0. The van der Waals surface area contributed by atoms with E-state index in [-0.39, 0.29) is 11.1 Å². The molecule has 0 unspecified atom stereocenters. The summed E-state index contributed by atoms with van der Waals surface area (Å²) in [6.45, 7) is 0. The van der Waals surface area contributed by atoms with Crippen molar-refractivity contribution in [1.29, 1.82) is 5.26 Å². The zero-order chi connectivity index (χ0) is 15.4. The minimum Gasteiger partial charge on any atom is -0.465 e. The zero-order valence-corrected chi connectivity index (χ0v) is 12.2. The molecule has 0 fully saturated rings. The third-order valence-corrected chi connectivity index (χ3v) is 3.67. The first kappa shape index (κ1) is 14.8. The van der Waals surface area contributed by atoms with Gasteiger partial charge in [0.05, 0.1) is 25.3 Å². The van der Waals surface area contributed by atoms with E-state index in [0.29, 0.717) is 16.0 Å². The summed E-state index contributed by atoms with van der Waals surface area (Å²) in [5, 5.41) is 10.9. The fourth-order valence-corrected chi connectivity index (χ4v) is 2.58. The zero-order valence-electron chi connectivity index (χ0n) is 11.4. The summed E-state index contributed by atoms with van der Waals surface area (Å²) in [5.41, 5.74) is 1.71. The van der Waals surface area contributed by atoms with Crippen molar-refractivity contribution in [3.8, 4) is 17.2 Å². The Morgan fingerprint density at radius 1 is 1.10 bits per heavy atom. The van der Waals surface area contributed by atoms with E-state index in [1.165, 1.54) is 31.6 Å². The number of hydrogen-bond donors (Lipinski definition) is 0. The third kappa shape index (κ3) is 2.93. The Morgan fingerprint density at radius 3 is 2.14 bits per heavy atom. The van der Waals surface area contributed by atoms with Crippen molar-refractivity contribution in [2.45, 2.75) is 0 Å². The van der Waals surface area contributed by atoms with E-state index in [1.807, 2.05) is 0 Å². The molecule has 0 radical (unpaired) electrons. The van der Waals surface area contributed by atoms with Gasteiger partial charge in [-0.2, -0.15) is 5.26 Å². The first-order chi connectivity index (χ1) is 10.1. The molecule has 21 heavy (non-hydrogen) atoms. The number of benzene rings is 1. The van der Waals surface area contributed by atoms with Crippen molar-refractivity contribution in [2.75, 3.05) is 14.2 Å². The maximum Gasteiger partial charge on any atom is 0.337 e. The maximum absolute atomic E-state index is 11.7. The molecule has 0 amide bonds. The minimum atomic E-state index is -0.559. The number of methoxy groups -OCH3 is 2. The van der Waals surface area contributed by atoms with Gasteiger partial charge in [0.2, 0.25) is 0 Å². The molecule has 1 aromatic carbocycles. The van der Waals surface area contributed by atoms with E-state index in [4.69, 9.17) is 5.26 Å². The fourth-order valence-electron chi connectivity index (χ4n) is 1.88. The van der Waals surface area contributed by atoms with Gasteiger partial charge >= 0.3 is 11.9 Å². The van der Waals surface area contributed by atoms with Crippen LogP contribution in [0.15, 0.2) is 29.6 Å². The number of nitriles is 1. The van der Waals surface area contributed by atoms with Crippen LogP contribution in [0.4, 0.5) is 0 Å². The molecule has 6 heteroatoms. The highest BCUT2D eigenvalue weighted by molar-refractivity contribution is 7.11. The summed E-state index contributed by atoms with van der Waals surface area (Å²) in [7, 11) is 2.52. The molecule has 106 valence electrons. The topological polar surface area (TPSA) is 76.4 Å². The highest BCUT2D eigenvalue weighted by atomic mass is 32.1. The van der Waals surface area contributed by atoms with Crippen LogP contribution in [0.25, 0.3) is 11.1 Å². The highest BCUT2D eigenvalue weighted by Crippen LogP contribution is 2.29. The Balaban J connectivity index is 2.63. The molecule has 0 bridgehead atoms. The van der Waals surface area contributed by atoms with Gasteiger partial charge in [-0.05, 0) is 35.2 Å². The fraction of sp³-hybridized carbons (Fsp3) is 0.133. The largest absolute Gasteiger partial charge is 0.465 e. The summed E-state index contributed by atoms with van der Waals surface area (Å²) < 4.78 is 9.36. The van der Waals surface area contributed by atoms with Crippen LogP contribution >= 0.6 is 11.3 Å². The normalized spacial score (nSPS) is 9.76. The molecule has 0 saturated heterocycles. The molecule has 0 aliphatic carbocycles. The third-order valence-electron chi connectivity index (χ3n) is 2.85. The summed E-state index contributed by atoms with van der Waals surface area (Å²) in [5.74, 6) is -1.12. The van der Waals surface area contributed by atoms with Gasteiger partial charge in [-0.25, -0.2) is 9.59 Å². The molecular formula is C15H11NO4S. The average molecular weight is 301 g/mol.